The number of hydrogen-bond acceptors (Lipinski definition) is 7. The van der Waals surface area contributed by atoms with Crippen LogP contribution in [0.25, 0.3) is 5.70 Å². The number of halogens is 2. The van der Waals surface area contributed by atoms with Gasteiger partial charge in [0.15, 0.2) is 0 Å². The Balaban J connectivity index is 1.40. The molecule has 6 rings (SSSR count). The molecule has 2 aromatic carbocycles. The summed E-state index contributed by atoms with van der Waals surface area (Å²) in [6.45, 7) is 5.70. The quantitative estimate of drug-likeness (QED) is 0.173. The molecule has 1 N–H and O–H groups in total. The Hall–Kier alpha value is -3.57. The first-order chi connectivity index (χ1) is 23.1. The number of amides is 1. The van der Waals surface area contributed by atoms with Gasteiger partial charge in [-0.1, -0.05) is 91.2 Å². The molecule has 0 spiro atoms. The van der Waals surface area contributed by atoms with Gasteiger partial charge in [0.05, 0.1) is 61.3 Å². The Morgan fingerprint density at radius 3 is 2.54 bits per heavy atom. The van der Waals surface area contributed by atoms with Crippen LogP contribution in [-0.2, 0) is 29.2 Å². The van der Waals surface area contributed by atoms with Gasteiger partial charge in [0.2, 0.25) is 10.0 Å². The van der Waals surface area contributed by atoms with Crippen molar-refractivity contribution in [1.82, 2.24) is 14.7 Å². The van der Waals surface area contributed by atoms with Crippen molar-refractivity contribution in [1.29, 1.82) is 0 Å². The van der Waals surface area contributed by atoms with Crippen LogP contribution in [0.15, 0.2) is 84.1 Å². The van der Waals surface area contributed by atoms with E-state index in [1.807, 2.05) is 37.3 Å². The fourth-order valence-corrected chi connectivity index (χ4v) is 9.91. The molecule has 4 aliphatic rings. The molecule has 48 heavy (non-hydrogen) atoms. The summed E-state index contributed by atoms with van der Waals surface area (Å²) < 4.78 is 33.5. The summed E-state index contributed by atoms with van der Waals surface area (Å²) in [4.78, 5) is 34.1. The smallest absolute Gasteiger partial charge is 0.309 e. The summed E-state index contributed by atoms with van der Waals surface area (Å²) in [6, 6.07) is 12.1. The molecule has 2 aromatic rings. The summed E-state index contributed by atoms with van der Waals surface area (Å²) in [6.07, 6.45) is 9.06. The average Bonchev–Trinajstić information content (AvgIpc) is 3.40. The van der Waals surface area contributed by atoms with Crippen molar-refractivity contribution < 1.29 is 27.6 Å². The molecule has 1 saturated heterocycles. The zero-order valence-electron chi connectivity index (χ0n) is 27.0. The van der Waals surface area contributed by atoms with E-state index >= 15 is 0 Å². The van der Waals surface area contributed by atoms with Gasteiger partial charge in [0.25, 0.3) is 5.91 Å². The van der Waals surface area contributed by atoms with Gasteiger partial charge in [-0.2, -0.15) is 0 Å². The number of carbonyl (C=O) groups excluding carboxylic acids is 2. The minimum absolute atomic E-state index is 0.0637. The highest BCUT2D eigenvalue weighted by Gasteiger charge is 2.55. The van der Waals surface area contributed by atoms with E-state index in [0.717, 1.165) is 59.3 Å². The van der Waals surface area contributed by atoms with Gasteiger partial charge in [0.1, 0.15) is 0 Å². The average molecular weight is 713 g/mol. The number of rotatable bonds is 9. The summed E-state index contributed by atoms with van der Waals surface area (Å²) in [5.41, 5.74) is 8.18. The number of hydrogen-bond donors (Lipinski definition) is 1. The van der Waals surface area contributed by atoms with Gasteiger partial charge in [-0.3, -0.25) is 18.7 Å². The summed E-state index contributed by atoms with van der Waals surface area (Å²) in [5, 5.41) is 0.909. The molecule has 2 fully saturated rings. The summed E-state index contributed by atoms with van der Waals surface area (Å²) in [5.74, 6) is -1.40. The Morgan fingerprint density at radius 2 is 1.81 bits per heavy atom. The lowest BCUT2D eigenvalue weighted by Gasteiger charge is -2.56. The Morgan fingerprint density at radius 1 is 1.06 bits per heavy atom. The maximum absolute atomic E-state index is 14.4. The number of ether oxygens (including phenoxy) is 1. The van der Waals surface area contributed by atoms with E-state index in [4.69, 9.17) is 32.8 Å². The highest BCUT2D eigenvalue weighted by atomic mass is 35.5. The number of sulfonamides is 1. The number of fused-ring (bicyclic) bond motifs is 7. The van der Waals surface area contributed by atoms with Crippen molar-refractivity contribution in [2.24, 2.45) is 0 Å². The summed E-state index contributed by atoms with van der Waals surface area (Å²) in [7, 11) is -2.13. The van der Waals surface area contributed by atoms with E-state index in [1.165, 1.54) is 7.11 Å². The molecule has 254 valence electrons. The second-order valence-corrected chi connectivity index (χ2v) is 15.4. The van der Waals surface area contributed by atoms with Crippen LogP contribution in [0.5, 0.6) is 0 Å². The number of methoxy groups -OCH3 is 1. The second kappa shape index (κ2) is 14.1. The van der Waals surface area contributed by atoms with Gasteiger partial charge in [0, 0.05) is 22.0 Å². The van der Waals surface area contributed by atoms with Crippen molar-refractivity contribution in [2.75, 3.05) is 19.5 Å². The van der Waals surface area contributed by atoms with Crippen molar-refractivity contribution in [2.45, 2.75) is 69.5 Å². The van der Waals surface area contributed by atoms with Gasteiger partial charge >= 0.3 is 5.97 Å². The second-order valence-electron chi connectivity index (χ2n) is 12.6. The van der Waals surface area contributed by atoms with E-state index in [0.29, 0.717) is 22.0 Å². The summed E-state index contributed by atoms with van der Waals surface area (Å²) >= 11 is 13.3. The number of nitrogens with zero attached hydrogens (tertiary/aromatic N) is 2. The van der Waals surface area contributed by atoms with Gasteiger partial charge in [-0.05, 0) is 54.2 Å². The predicted molar refractivity (Wildman–Crippen MR) is 186 cm³/mol. The first kappa shape index (κ1) is 34.3. The van der Waals surface area contributed by atoms with E-state index in [-0.39, 0.29) is 42.7 Å². The maximum atomic E-state index is 14.4. The molecule has 0 radical (unpaired) electrons. The number of carbonyl (C=O) groups is 2. The SMILES string of the molecule is C=C/C(=C\C=C(/C)CONC(=O)[C@@H]1c2ccccc2C2=C3CCS(=O)(=O)N3[C@H]3CCCC[C@@H]3N2[C@H]1c1ccc(Cl)cc1Cl)CC(=O)OC. The number of benzene rings is 2. The molecular formula is C36H39Cl2N3O6S. The number of nitrogens with one attached hydrogen (secondary N) is 1. The van der Waals surface area contributed by atoms with Crippen molar-refractivity contribution in [3.63, 3.8) is 0 Å². The van der Waals surface area contributed by atoms with Gasteiger partial charge < -0.3 is 9.64 Å². The Kier molecular flexibility index (Phi) is 10.1. The lowest BCUT2D eigenvalue weighted by atomic mass is 9.74. The van der Waals surface area contributed by atoms with Crippen LogP contribution in [-0.4, -0.2) is 61.1 Å². The van der Waals surface area contributed by atoms with E-state index in [9.17, 15) is 18.0 Å². The van der Waals surface area contributed by atoms with Gasteiger partial charge in [-0.15, -0.1) is 0 Å². The van der Waals surface area contributed by atoms with E-state index in [1.54, 1.807) is 34.7 Å². The van der Waals surface area contributed by atoms with Crippen LogP contribution < -0.4 is 5.48 Å². The monoisotopic (exact) mass is 711 g/mol. The number of hydroxylamine groups is 1. The van der Waals surface area contributed by atoms with Crippen LogP contribution >= 0.6 is 23.2 Å². The van der Waals surface area contributed by atoms with Crippen LogP contribution in [0.4, 0.5) is 0 Å². The highest BCUT2D eigenvalue weighted by molar-refractivity contribution is 7.89. The zero-order chi connectivity index (χ0) is 34.2. The lowest BCUT2D eigenvalue weighted by molar-refractivity contribution is -0.139. The normalized spacial score (nSPS) is 24.7. The number of esters is 1. The third-order valence-electron chi connectivity index (χ3n) is 9.67. The molecule has 0 aromatic heterocycles. The Labute approximate surface area is 291 Å². The molecule has 0 unspecified atom stereocenters. The van der Waals surface area contributed by atoms with Crippen LogP contribution in [0.3, 0.4) is 0 Å². The zero-order valence-corrected chi connectivity index (χ0v) is 29.3. The molecule has 3 heterocycles. The van der Waals surface area contributed by atoms with E-state index in [2.05, 4.69) is 17.0 Å². The largest absolute Gasteiger partial charge is 0.469 e. The third kappa shape index (κ3) is 6.43. The topological polar surface area (TPSA) is 105 Å². The molecule has 1 aliphatic carbocycles. The first-order valence-corrected chi connectivity index (χ1v) is 18.5. The molecular weight excluding hydrogens is 673 g/mol. The maximum Gasteiger partial charge on any atom is 0.309 e. The van der Waals surface area contributed by atoms with Gasteiger partial charge in [-0.25, -0.2) is 13.9 Å². The predicted octanol–water partition coefficient (Wildman–Crippen LogP) is 6.83. The van der Waals surface area contributed by atoms with Crippen molar-refractivity contribution in [3.8, 4) is 0 Å². The van der Waals surface area contributed by atoms with Crippen LogP contribution in [0, 0.1) is 0 Å². The standard InChI is InChI=1S/C36H39Cl2N3O6S/c1-4-23(19-32(42)46-3)14-13-22(2)21-47-39-36(43)33-25-9-5-6-10-26(25)34-31-17-18-48(44,45)41(31)30-12-8-7-11-29(30)40(34)35(33)27-16-15-24(37)20-28(27)38/h4-6,9-10,13-16,20,29-30,33,35H,1,7-8,11-12,17-19,21H2,2-3H3,(H,39,43)/b22-13+,23-14+/t29-,30-,33+,35-/m0/s1. The van der Waals surface area contributed by atoms with Crippen molar-refractivity contribution >= 4 is 50.8 Å². The molecule has 1 saturated carbocycles. The van der Waals surface area contributed by atoms with Crippen LogP contribution in [0.2, 0.25) is 10.0 Å². The lowest BCUT2D eigenvalue weighted by Crippen LogP contribution is -2.60. The van der Waals surface area contributed by atoms with Crippen LogP contribution in [0.1, 0.15) is 74.1 Å². The third-order valence-corrected chi connectivity index (χ3v) is 12.0. The van der Waals surface area contributed by atoms with E-state index < -0.39 is 22.0 Å². The minimum atomic E-state index is -3.47. The Bertz CT molecular complexity index is 1840. The molecule has 1 amide bonds. The fraction of sp³-hybridized carbons (Fsp3) is 0.389. The molecule has 4 atom stereocenters. The first-order valence-electron chi connectivity index (χ1n) is 16.1. The van der Waals surface area contributed by atoms with Crippen molar-refractivity contribution in [3.05, 3.63) is 111 Å². The molecule has 12 heteroatoms. The highest BCUT2D eigenvalue weighted by Crippen LogP contribution is 2.57. The minimum Gasteiger partial charge on any atom is -0.469 e. The molecule has 9 nitrogen and oxygen atoms in total. The fourth-order valence-electron chi connectivity index (χ4n) is 7.57. The molecule has 0 bridgehead atoms. The molecule has 3 aliphatic heterocycles. The number of allylic oxidation sites excluding steroid dienone is 4.